The minimum absolute atomic E-state index is 0.00162. The highest BCUT2D eigenvalue weighted by Crippen LogP contribution is 2.29. The molecular formula is C24H26FN3O2. The van der Waals surface area contributed by atoms with Crippen LogP contribution in [0.4, 0.5) is 4.39 Å². The number of amides is 1. The van der Waals surface area contributed by atoms with Crippen molar-refractivity contribution in [1.29, 1.82) is 0 Å². The van der Waals surface area contributed by atoms with Gasteiger partial charge in [-0.3, -0.25) is 4.79 Å². The largest absolute Gasteiger partial charge is 0.420 e. The van der Waals surface area contributed by atoms with Crippen LogP contribution in [0.25, 0.3) is 11.5 Å². The molecule has 156 valence electrons. The third-order valence-corrected chi connectivity index (χ3v) is 5.59. The molecule has 1 aliphatic heterocycles. The quantitative estimate of drug-likeness (QED) is 0.599. The molecule has 0 aliphatic carbocycles. The molecular weight excluding hydrogens is 381 g/mol. The first kappa shape index (κ1) is 20.3. The van der Waals surface area contributed by atoms with Gasteiger partial charge in [0.15, 0.2) is 0 Å². The lowest BCUT2D eigenvalue weighted by atomic mass is 9.86. The van der Waals surface area contributed by atoms with Gasteiger partial charge in [0.2, 0.25) is 11.8 Å². The van der Waals surface area contributed by atoms with Crippen molar-refractivity contribution in [1.82, 2.24) is 15.1 Å². The SMILES string of the molecule is CC(C)(C)c1ccc(C(=O)N2CCCC(c3nnc(-c4ccc(F)cc4)o3)C2)cc1. The number of carbonyl (C=O) groups is 1. The number of aromatic nitrogens is 2. The van der Waals surface area contributed by atoms with Crippen LogP contribution < -0.4 is 0 Å². The maximum absolute atomic E-state index is 13.1. The van der Waals surface area contributed by atoms with Gasteiger partial charge >= 0.3 is 0 Å². The summed E-state index contributed by atoms with van der Waals surface area (Å²) in [6.45, 7) is 7.73. The molecule has 3 aromatic rings. The number of hydrogen-bond acceptors (Lipinski definition) is 4. The molecule has 0 spiro atoms. The molecule has 1 unspecified atom stereocenters. The number of nitrogens with zero attached hydrogens (tertiary/aromatic N) is 3. The van der Waals surface area contributed by atoms with E-state index >= 15 is 0 Å². The van der Waals surface area contributed by atoms with E-state index in [1.165, 1.54) is 17.7 Å². The predicted octanol–water partition coefficient (Wildman–Crippen LogP) is 5.19. The van der Waals surface area contributed by atoms with Gasteiger partial charge in [-0.15, -0.1) is 10.2 Å². The van der Waals surface area contributed by atoms with Crippen molar-refractivity contribution >= 4 is 5.91 Å². The summed E-state index contributed by atoms with van der Waals surface area (Å²) in [5.74, 6) is 0.605. The van der Waals surface area contributed by atoms with Crippen LogP contribution in [0.15, 0.2) is 52.9 Å². The third kappa shape index (κ3) is 4.27. The summed E-state index contributed by atoms with van der Waals surface area (Å²) in [5.41, 5.74) is 2.63. The molecule has 1 aromatic heterocycles. The summed E-state index contributed by atoms with van der Waals surface area (Å²) in [5, 5.41) is 8.30. The number of halogens is 1. The molecule has 2 heterocycles. The van der Waals surface area contributed by atoms with Crippen molar-refractivity contribution in [2.24, 2.45) is 0 Å². The third-order valence-electron chi connectivity index (χ3n) is 5.59. The van der Waals surface area contributed by atoms with Crippen LogP contribution in [0.5, 0.6) is 0 Å². The number of likely N-dealkylation sites (tertiary alicyclic amines) is 1. The lowest BCUT2D eigenvalue weighted by Gasteiger charge is -2.31. The normalized spacial score (nSPS) is 17.2. The monoisotopic (exact) mass is 407 g/mol. The molecule has 1 atom stereocenters. The molecule has 1 fully saturated rings. The van der Waals surface area contributed by atoms with Crippen LogP contribution in [0.1, 0.15) is 61.3 Å². The van der Waals surface area contributed by atoms with Gasteiger partial charge in [0.05, 0.1) is 5.92 Å². The van der Waals surface area contributed by atoms with E-state index < -0.39 is 0 Å². The van der Waals surface area contributed by atoms with Crippen LogP contribution in [0.2, 0.25) is 0 Å². The average Bonchev–Trinajstić information content (AvgIpc) is 3.24. The molecule has 2 aromatic carbocycles. The molecule has 1 saturated heterocycles. The van der Waals surface area contributed by atoms with Crippen LogP contribution in [-0.4, -0.2) is 34.1 Å². The first-order chi connectivity index (χ1) is 14.3. The number of carbonyl (C=O) groups excluding carboxylic acids is 1. The van der Waals surface area contributed by atoms with Crippen LogP contribution in [0, 0.1) is 5.82 Å². The molecule has 1 aliphatic rings. The van der Waals surface area contributed by atoms with Crippen LogP contribution in [-0.2, 0) is 5.41 Å². The molecule has 0 N–H and O–H groups in total. The average molecular weight is 407 g/mol. The van der Waals surface area contributed by atoms with E-state index in [1.54, 1.807) is 12.1 Å². The van der Waals surface area contributed by atoms with Gasteiger partial charge in [0, 0.05) is 24.2 Å². The molecule has 5 nitrogen and oxygen atoms in total. The first-order valence-electron chi connectivity index (χ1n) is 10.3. The molecule has 0 bridgehead atoms. The van der Waals surface area contributed by atoms with Gasteiger partial charge in [-0.05, 0) is 60.2 Å². The summed E-state index contributed by atoms with van der Waals surface area (Å²) >= 11 is 0. The van der Waals surface area contributed by atoms with E-state index in [-0.39, 0.29) is 23.1 Å². The van der Waals surface area contributed by atoms with Crippen LogP contribution in [0.3, 0.4) is 0 Å². The fraction of sp³-hybridized carbons (Fsp3) is 0.375. The minimum atomic E-state index is -0.310. The Kier molecular flexibility index (Phi) is 5.41. The maximum atomic E-state index is 13.1. The summed E-state index contributed by atoms with van der Waals surface area (Å²) in [7, 11) is 0. The van der Waals surface area contributed by atoms with Gasteiger partial charge < -0.3 is 9.32 Å². The Bertz CT molecular complexity index is 1020. The molecule has 4 rings (SSSR count). The molecule has 30 heavy (non-hydrogen) atoms. The zero-order valence-corrected chi connectivity index (χ0v) is 17.6. The van der Waals surface area contributed by atoms with E-state index in [1.807, 2.05) is 29.2 Å². The smallest absolute Gasteiger partial charge is 0.253 e. The van der Waals surface area contributed by atoms with Crippen molar-refractivity contribution in [3.63, 3.8) is 0 Å². The molecule has 1 amide bonds. The minimum Gasteiger partial charge on any atom is -0.420 e. The second kappa shape index (κ2) is 8.01. The van der Waals surface area contributed by atoms with E-state index in [0.29, 0.717) is 29.5 Å². The Balaban J connectivity index is 1.47. The molecule has 6 heteroatoms. The van der Waals surface area contributed by atoms with E-state index in [2.05, 4.69) is 31.0 Å². The maximum Gasteiger partial charge on any atom is 0.253 e. The predicted molar refractivity (Wildman–Crippen MR) is 113 cm³/mol. The topological polar surface area (TPSA) is 59.2 Å². The highest BCUT2D eigenvalue weighted by atomic mass is 19.1. The van der Waals surface area contributed by atoms with Crippen LogP contribution >= 0.6 is 0 Å². The number of benzene rings is 2. The van der Waals surface area contributed by atoms with Gasteiger partial charge in [0.1, 0.15) is 5.82 Å². The number of piperidine rings is 1. The van der Waals surface area contributed by atoms with E-state index in [9.17, 15) is 9.18 Å². The standard InChI is InChI=1S/C24H26FN3O2/c1-24(2,3)19-10-6-17(7-11-19)23(29)28-14-4-5-18(15-28)22-27-26-21(30-22)16-8-12-20(25)13-9-16/h6-13,18H,4-5,14-15H2,1-3H3. The van der Waals surface area contributed by atoms with Crippen molar-refractivity contribution in [3.05, 3.63) is 71.4 Å². The molecule has 0 radical (unpaired) electrons. The summed E-state index contributed by atoms with van der Waals surface area (Å²) in [6.07, 6.45) is 1.77. The summed E-state index contributed by atoms with van der Waals surface area (Å²) in [4.78, 5) is 14.9. The highest BCUT2D eigenvalue weighted by molar-refractivity contribution is 5.94. The lowest BCUT2D eigenvalue weighted by Crippen LogP contribution is -2.39. The highest BCUT2D eigenvalue weighted by Gasteiger charge is 2.29. The lowest BCUT2D eigenvalue weighted by molar-refractivity contribution is 0.0698. The Labute approximate surface area is 175 Å². The van der Waals surface area contributed by atoms with Gasteiger partial charge in [0.25, 0.3) is 5.91 Å². The van der Waals surface area contributed by atoms with Gasteiger partial charge in [-0.2, -0.15) is 0 Å². The van der Waals surface area contributed by atoms with Crippen molar-refractivity contribution in [2.75, 3.05) is 13.1 Å². The van der Waals surface area contributed by atoms with Crippen molar-refractivity contribution < 1.29 is 13.6 Å². The summed E-state index contributed by atoms with van der Waals surface area (Å²) in [6, 6.07) is 13.8. The zero-order chi connectivity index (χ0) is 21.3. The Hall–Kier alpha value is -3.02. The zero-order valence-electron chi connectivity index (χ0n) is 17.6. The number of rotatable bonds is 3. The second-order valence-corrected chi connectivity index (χ2v) is 8.87. The Morgan fingerprint density at radius 1 is 1.07 bits per heavy atom. The summed E-state index contributed by atoms with van der Waals surface area (Å²) < 4.78 is 19.0. The van der Waals surface area contributed by atoms with Crippen molar-refractivity contribution in [2.45, 2.75) is 44.9 Å². The fourth-order valence-corrected chi connectivity index (χ4v) is 3.77. The van der Waals surface area contributed by atoms with Gasteiger partial charge in [-0.1, -0.05) is 32.9 Å². The van der Waals surface area contributed by atoms with Crippen molar-refractivity contribution in [3.8, 4) is 11.5 Å². The van der Waals surface area contributed by atoms with Gasteiger partial charge in [-0.25, -0.2) is 4.39 Å². The van der Waals surface area contributed by atoms with E-state index in [4.69, 9.17) is 4.42 Å². The Morgan fingerprint density at radius 2 is 1.77 bits per heavy atom. The van der Waals surface area contributed by atoms with E-state index in [0.717, 1.165) is 19.4 Å². The number of hydrogen-bond donors (Lipinski definition) is 0. The Morgan fingerprint density at radius 3 is 2.43 bits per heavy atom. The first-order valence-corrected chi connectivity index (χ1v) is 10.3. The fourth-order valence-electron chi connectivity index (χ4n) is 3.77. The second-order valence-electron chi connectivity index (χ2n) is 8.87. The molecule has 0 saturated carbocycles.